The van der Waals surface area contributed by atoms with Crippen LogP contribution in [0.1, 0.15) is 172 Å². The highest BCUT2D eigenvalue weighted by Gasteiger charge is 2.31. The van der Waals surface area contributed by atoms with E-state index >= 15 is 0 Å². The number of para-hydroxylation sites is 3. The van der Waals surface area contributed by atoms with Crippen molar-refractivity contribution < 1.29 is 32.2 Å². The highest BCUT2D eigenvalue weighted by Crippen LogP contribution is 2.49. The number of ketones is 1. The third-order valence-corrected chi connectivity index (χ3v) is 12.8. The van der Waals surface area contributed by atoms with E-state index in [1.54, 1.807) is 24.3 Å². The third kappa shape index (κ3) is 18.6. The second kappa shape index (κ2) is 29.6. The largest absolute Gasteiger partial charge is 0.530 e. The Morgan fingerprint density at radius 2 is 1.06 bits per heavy atom. The van der Waals surface area contributed by atoms with Crippen LogP contribution in [0.15, 0.2) is 145 Å². The molecule has 0 heterocycles. The van der Waals surface area contributed by atoms with E-state index in [0.29, 0.717) is 34.7 Å². The minimum Gasteiger partial charge on any atom is -0.438 e. The number of terminal acetylenes is 1. The van der Waals surface area contributed by atoms with Gasteiger partial charge in [-0.25, -0.2) is 0 Å². The Labute approximate surface area is 437 Å². The summed E-state index contributed by atoms with van der Waals surface area (Å²) in [5.74, 6) is 2.13. The first-order valence-corrected chi connectivity index (χ1v) is 27.4. The van der Waals surface area contributed by atoms with Crippen molar-refractivity contribution in [3.05, 3.63) is 184 Å². The zero-order valence-corrected chi connectivity index (χ0v) is 48.3. The molecule has 0 saturated carbocycles. The van der Waals surface area contributed by atoms with E-state index in [9.17, 15) is 9.59 Å². The SMILES string of the molecule is C#C.CCC.C\C=C/C=C(\C(C)=C/C)C(C)(C)C.Cc1cccc(OP(C)Oc2ccccc2C(C)(C)C)c1C(=O)c1c(C=O)cccc1OP(Oc1ccccc1C(C)C)Oc1ccccc1C(C)(C)C. The van der Waals surface area contributed by atoms with Crippen LogP contribution in [-0.4, -0.2) is 18.7 Å². The molecule has 0 aromatic heterocycles. The van der Waals surface area contributed by atoms with Crippen molar-refractivity contribution >= 4 is 29.0 Å². The average molecular weight is 1010 g/mol. The van der Waals surface area contributed by atoms with Gasteiger partial charge < -0.3 is 22.6 Å². The molecular weight excluding hydrogens is 931 g/mol. The molecule has 386 valence electrons. The summed E-state index contributed by atoms with van der Waals surface area (Å²) >= 11 is 0. The van der Waals surface area contributed by atoms with Gasteiger partial charge in [0.15, 0.2) is 6.29 Å². The molecular formula is C63H82O7P2. The van der Waals surface area contributed by atoms with Gasteiger partial charge in [0, 0.05) is 17.8 Å². The van der Waals surface area contributed by atoms with Gasteiger partial charge in [0.1, 0.15) is 28.7 Å². The normalized spacial score (nSPS) is 12.7. The average Bonchev–Trinajstić information content (AvgIpc) is 3.31. The van der Waals surface area contributed by atoms with E-state index in [1.807, 2.05) is 105 Å². The molecule has 0 saturated heterocycles. The molecule has 9 heteroatoms. The first-order valence-electron chi connectivity index (χ1n) is 24.7. The van der Waals surface area contributed by atoms with Crippen molar-refractivity contribution in [2.75, 3.05) is 6.66 Å². The van der Waals surface area contributed by atoms with Gasteiger partial charge in [0.2, 0.25) is 5.78 Å². The highest BCUT2D eigenvalue weighted by molar-refractivity contribution is 7.47. The lowest BCUT2D eigenvalue weighted by atomic mass is 9.82. The van der Waals surface area contributed by atoms with Crippen molar-refractivity contribution in [2.45, 2.75) is 141 Å². The van der Waals surface area contributed by atoms with E-state index in [1.165, 1.54) is 17.6 Å². The van der Waals surface area contributed by atoms with Gasteiger partial charge in [-0.3, -0.25) is 9.59 Å². The number of rotatable bonds is 16. The van der Waals surface area contributed by atoms with Crippen molar-refractivity contribution in [3.8, 4) is 41.6 Å². The standard InChI is InChI=1S/C45H50O7P2.C13H22.C3H8.C2H2/c1-30(2)33-21-11-14-24-36(33)50-54(51-38-26-16-13-23-35(38)45(7,8)9)52-40-28-18-20-32(29-46)42(40)43(47)41-31(3)19-17-27-39(41)49-53(10)48-37-25-15-12-22-34(37)44(4,5)6;1-7-9-10-12(11(3)8-2)13(4,5)6;1-3-2;1-2/h11-30H,1-10H3;7-10H,1-6H3;3H2,1-2H3;1-2H/b;9-7-,11-8-,12-10+;;. The predicted molar refractivity (Wildman–Crippen MR) is 308 cm³/mol. The fraction of sp³-hybridized carbons (Fsp3) is 0.365. The van der Waals surface area contributed by atoms with Gasteiger partial charge in [-0.15, -0.1) is 12.8 Å². The molecule has 0 fully saturated rings. The number of benzene rings is 5. The Morgan fingerprint density at radius 1 is 0.625 bits per heavy atom. The Kier molecular flexibility index (Phi) is 25.5. The number of allylic oxidation sites excluding steroid dienone is 6. The Hall–Kier alpha value is -5.92. The Bertz CT molecular complexity index is 2620. The van der Waals surface area contributed by atoms with E-state index in [-0.39, 0.29) is 39.0 Å². The van der Waals surface area contributed by atoms with E-state index < -0.39 is 22.8 Å². The quantitative estimate of drug-likeness (QED) is 0.0320. The van der Waals surface area contributed by atoms with Gasteiger partial charge in [0.05, 0.1) is 11.1 Å². The zero-order chi connectivity index (χ0) is 54.4. The summed E-state index contributed by atoms with van der Waals surface area (Å²) in [6, 6.07) is 33.7. The number of hydrogen-bond acceptors (Lipinski definition) is 7. The number of aryl methyl sites for hydroxylation is 1. The monoisotopic (exact) mass is 1010 g/mol. The summed E-state index contributed by atoms with van der Waals surface area (Å²) in [4.78, 5) is 27.4. The molecule has 5 aromatic carbocycles. The zero-order valence-electron chi connectivity index (χ0n) is 46.5. The van der Waals surface area contributed by atoms with E-state index in [0.717, 1.165) is 22.4 Å². The van der Waals surface area contributed by atoms with Crippen LogP contribution >= 0.6 is 17.0 Å². The van der Waals surface area contributed by atoms with Crippen LogP contribution in [0.2, 0.25) is 0 Å². The lowest BCUT2D eigenvalue weighted by molar-refractivity contribution is 0.102. The minimum absolute atomic E-state index is 0.0760. The number of carbonyl (C=O) groups excluding carboxylic acids is 2. The highest BCUT2D eigenvalue weighted by atomic mass is 31.2. The van der Waals surface area contributed by atoms with Crippen LogP contribution in [0.5, 0.6) is 28.7 Å². The molecule has 72 heavy (non-hydrogen) atoms. The molecule has 7 nitrogen and oxygen atoms in total. The molecule has 0 radical (unpaired) electrons. The molecule has 0 aliphatic carbocycles. The predicted octanol–water partition coefficient (Wildman–Crippen LogP) is 19.1. The molecule has 2 unspecified atom stereocenters. The van der Waals surface area contributed by atoms with Crippen LogP contribution in [0.4, 0.5) is 0 Å². The van der Waals surface area contributed by atoms with Crippen molar-refractivity contribution in [1.29, 1.82) is 0 Å². The Morgan fingerprint density at radius 3 is 1.54 bits per heavy atom. The van der Waals surface area contributed by atoms with Gasteiger partial charge in [-0.2, -0.15) is 0 Å². The molecule has 0 spiro atoms. The number of carbonyl (C=O) groups is 2. The molecule has 0 N–H and O–H groups in total. The summed E-state index contributed by atoms with van der Waals surface area (Å²) in [5.41, 5.74) is 6.81. The first kappa shape index (κ1) is 62.2. The first-order chi connectivity index (χ1) is 33.9. The summed E-state index contributed by atoms with van der Waals surface area (Å²) in [6.45, 7) is 37.9. The van der Waals surface area contributed by atoms with Crippen LogP contribution in [0.25, 0.3) is 0 Å². The third-order valence-electron chi connectivity index (χ3n) is 10.9. The molecule has 0 bridgehead atoms. The fourth-order valence-corrected chi connectivity index (χ4v) is 9.36. The summed E-state index contributed by atoms with van der Waals surface area (Å²) in [7, 11) is -3.73. The summed E-state index contributed by atoms with van der Waals surface area (Å²) in [5, 5.41) is 0. The topological polar surface area (TPSA) is 80.3 Å². The maximum atomic E-state index is 14.8. The van der Waals surface area contributed by atoms with Gasteiger partial charge in [-0.1, -0.05) is 205 Å². The lowest BCUT2D eigenvalue weighted by Gasteiger charge is -2.26. The van der Waals surface area contributed by atoms with Gasteiger partial charge in [-0.05, 0) is 102 Å². The van der Waals surface area contributed by atoms with Crippen LogP contribution in [-0.2, 0) is 10.8 Å². The fourth-order valence-electron chi connectivity index (χ4n) is 7.38. The molecule has 0 aliphatic rings. The maximum Gasteiger partial charge on any atom is 0.530 e. The smallest absolute Gasteiger partial charge is 0.438 e. The maximum absolute atomic E-state index is 14.8. The molecule has 5 rings (SSSR count). The van der Waals surface area contributed by atoms with Crippen LogP contribution in [0, 0.1) is 25.2 Å². The van der Waals surface area contributed by atoms with Gasteiger partial charge in [0.25, 0.3) is 8.38 Å². The molecule has 2 atom stereocenters. The molecule has 5 aromatic rings. The second-order valence-corrected chi connectivity index (χ2v) is 22.7. The lowest BCUT2D eigenvalue weighted by Crippen LogP contribution is -2.15. The van der Waals surface area contributed by atoms with Crippen LogP contribution < -0.4 is 22.6 Å². The summed E-state index contributed by atoms with van der Waals surface area (Å²) < 4.78 is 32.6. The minimum atomic E-state index is -2.21. The molecule has 0 amide bonds. The van der Waals surface area contributed by atoms with Crippen molar-refractivity contribution in [3.63, 3.8) is 0 Å². The van der Waals surface area contributed by atoms with Gasteiger partial charge >= 0.3 is 8.60 Å². The summed E-state index contributed by atoms with van der Waals surface area (Å²) in [6.07, 6.45) is 18.4. The van der Waals surface area contributed by atoms with Crippen LogP contribution in [0.3, 0.4) is 0 Å². The van der Waals surface area contributed by atoms with Crippen molar-refractivity contribution in [2.24, 2.45) is 5.41 Å². The molecule has 0 aliphatic heterocycles. The second-order valence-electron chi connectivity index (χ2n) is 20.5. The van der Waals surface area contributed by atoms with E-state index in [2.05, 4.69) is 141 Å². The number of hydrogen-bond donors (Lipinski definition) is 0. The van der Waals surface area contributed by atoms with Crippen molar-refractivity contribution in [1.82, 2.24) is 0 Å². The Balaban J connectivity index is 0.000000844. The number of aldehydes is 1. The van der Waals surface area contributed by atoms with E-state index in [4.69, 9.17) is 22.6 Å².